The summed E-state index contributed by atoms with van der Waals surface area (Å²) in [5.41, 5.74) is 1.29. The van der Waals surface area contributed by atoms with Gasteiger partial charge in [0.25, 0.3) is 0 Å². The largest absolute Gasteiger partial charge is 0.454 e. The second kappa shape index (κ2) is 10.5. The average molecular weight is 428 g/mol. The van der Waals surface area contributed by atoms with Crippen LogP contribution in [-0.2, 0) is 6.54 Å². The molecule has 0 aromatic heterocycles. The van der Waals surface area contributed by atoms with E-state index < -0.39 is 0 Å². The first-order chi connectivity index (χ1) is 15.3. The van der Waals surface area contributed by atoms with Crippen LogP contribution in [-0.4, -0.2) is 73.3 Å². The molecule has 2 saturated heterocycles. The van der Waals surface area contributed by atoms with Crippen LogP contribution in [0.3, 0.4) is 0 Å². The summed E-state index contributed by atoms with van der Waals surface area (Å²) < 4.78 is 11.5. The Balaban J connectivity index is 1.23. The van der Waals surface area contributed by atoms with Crippen LogP contribution in [0.15, 0.2) is 18.2 Å². The summed E-state index contributed by atoms with van der Waals surface area (Å²) in [7, 11) is 0. The number of para-hydroxylation sites is 1. The summed E-state index contributed by atoms with van der Waals surface area (Å²) in [6.07, 6.45) is 12.6. The average Bonchev–Trinajstić information content (AvgIpc) is 3.51. The second-order valence-electron chi connectivity index (χ2n) is 10.2. The van der Waals surface area contributed by atoms with Crippen molar-refractivity contribution in [3.8, 4) is 11.5 Å². The zero-order chi connectivity index (χ0) is 20.9. The lowest BCUT2D eigenvalue weighted by Crippen LogP contribution is -2.46. The Morgan fingerprint density at radius 1 is 0.903 bits per heavy atom. The number of piperidine rings is 2. The number of likely N-dealkylation sites (tertiary alicyclic amines) is 2. The van der Waals surface area contributed by atoms with E-state index in [0.29, 0.717) is 6.79 Å². The zero-order valence-electron chi connectivity index (χ0n) is 19.3. The molecule has 1 aromatic rings. The quantitative estimate of drug-likeness (QED) is 0.615. The smallest absolute Gasteiger partial charge is 0.231 e. The molecule has 1 aliphatic carbocycles. The van der Waals surface area contributed by atoms with Crippen molar-refractivity contribution in [3.63, 3.8) is 0 Å². The highest BCUT2D eigenvalue weighted by Gasteiger charge is 2.29. The molecular formula is C26H41N3O2. The highest BCUT2D eigenvalue weighted by atomic mass is 16.7. The summed E-state index contributed by atoms with van der Waals surface area (Å²) in [4.78, 5) is 8.23. The predicted octanol–water partition coefficient (Wildman–Crippen LogP) is 4.36. The van der Waals surface area contributed by atoms with Gasteiger partial charge in [-0.2, -0.15) is 0 Å². The molecule has 1 aromatic carbocycles. The molecule has 0 radical (unpaired) electrons. The Labute approximate surface area is 188 Å². The molecule has 0 spiro atoms. The Hall–Kier alpha value is -1.30. The van der Waals surface area contributed by atoms with Crippen LogP contribution >= 0.6 is 0 Å². The number of rotatable bonds is 8. The maximum Gasteiger partial charge on any atom is 0.231 e. The van der Waals surface area contributed by atoms with E-state index in [-0.39, 0.29) is 0 Å². The maximum atomic E-state index is 5.83. The van der Waals surface area contributed by atoms with E-state index in [2.05, 4.69) is 26.8 Å². The van der Waals surface area contributed by atoms with Crippen molar-refractivity contribution in [2.45, 2.75) is 70.4 Å². The van der Waals surface area contributed by atoms with E-state index in [1.165, 1.54) is 103 Å². The molecule has 5 nitrogen and oxygen atoms in total. The molecule has 0 bridgehead atoms. The molecule has 1 saturated carbocycles. The van der Waals surface area contributed by atoms with Crippen molar-refractivity contribution in [3.05, 3.63) is 23.8 Å². The molecule has 1 atom stereocenters. The van der Waals surface area contributed by atoms with Gasteiger partial charge in [0.05, 0.1) is 0 Å². The fourth-order valence-electron chi connectivity index (χ4n) is 6.27. The lowest BCUT2D eigenvalue weighted by atomic mass is 9.95. The van der Waals surface area contributed by atoms with E-state index in [1.807, 2.05) is 6.07 Å². The molecule has 0 N–H and O–H groups in total. The van der Waals surface area contributed by atoms with E-state index in [9.17, 15) is 0 Å². The Morgan fingerprint density at radius 2 is 1.77 bits per heavy atom. The van der Waals surface area contributed by atoms with Gasteiger partial charge in [-0.25, -0.2) is 0 Å². The van der Waals surface area contributed by atoms with Gasteiger partial charge in [0, 0.05) is 44.3 Å². The highest BCUT2D eigenvalue weighted by Crippen LogP contribution is 2.36. The normalized spacial score (nSPS) is 25.5. The van der Waals surface area contributed by atoms with Crippen LogP contribution in [0.4, 0.5) is 0 Å². The summed E-state index contributed by atoms with van der Waals surface area (Å²) in [5.74, 6) is 2.69. The topological polar surface area (TPSA) is 28.2 Å². The highest BCUT2D eigenvalue weighted by molar-refractivity contribution is 5.48. The van der Waals surface area contributed by atoms with Gasteiger partial charge < -0.3 is 19.3 Å². The summed E-state index contributed by atoms with van der Waals surface area (Å²) in [5, 5.41) is 0. The van der Waals surface area contributed by atoms with E-state index in [4.69, 9.17) is 9.47 Å². The van der Waals surface area contributed by atoms with Gasteiger partial charge >= 0.3 is 0 Å². The minimum absolute atomic E-state index is 0.360. The number of hydrogen-bond donors (Lipinski definition) is 0. The molecule has 0 amide bonds. The van der Waals surface area contributed by atoms with Crippen LogP contribution in [0.5, 0.6) is 11.5 Å². The van der Waals surface area contributed by atoms with Gasteiger partial charge in [0.1, 0.15) is 0 Å². The molecule has 5 rings (SSSR count). The van der Waals surface area contributed by atoms with E-state index in [0.717, 1.165) is 36.5 Å². The molecule has 4 aliphatic rings. The van der Waals surface area contributed by atoms with Crippen LogP contribution in [0, 0.1) is 5.92 Å². The Morgan fingerprint density at radius 3 is 2.65 bits per heavy atom. The number of nitrogens with zero attached hydrogens (tertiary/aromatic N) is 3. The first-order valence-corrected chi connectivity index (χ1v) is 12.9. The second-order valence-corrected chi connectivity index (χ2v) is 10.2. The van der Waals surface area contributed by atoms with Gasteiger partial charge in [-0.05, 0) is 70.1 Å². The van der Waals surface area contributed by atoms with Gasteiger partial charge in [-0.15, -0.1) is 0 Å². The Kier molecular flexibility index (Phi) is 7.33. The summed E-state index contributed by atoms with van der Waals surface area (Å²) >= 11 is 0. The molecule has 172 valence electrons. The van der Waals surface area contributed by atoms with Crippen molar-refractivity contribution in [1.29, 1.82) is 0 Å². The summed E-state index contributed by atoms with van der Waals surface area (Å²) in [6.45, 7) is 10.1. The van der Waals surface area contributed by atoms with Crippen LogP contribution in [0.1, 0.15) is 63.4 Å². The van der Waals surface area contributed by atoms with Crippen molar-refractivity contribution >= 4 is 0 Å². The lowest BCUT2D eigenvalue weighted by Gasteiger charge is -2.39. The number of fused-ring (bicyclic) bond motifs is 1. The standard InChI is InChI=1S/C26H41N3O2/c1-4-13-27(14-5-1)16-17-28(20-23-9-6-12-25-26(23)31-21-30-25)18-22-8-7-15-29(19-22)24-10-2-3-11-24/h6,9,12,22,24H,1-5,7-8,10-11,13-21H2/t22-/m1/s1. The minimum atomic E-state index is 0.360. The van der Waals surface area contributed by atoms with Crippen LogP contribution in [0.25, 0.3) is 0 Å². The first-order valence-electron chi connectivity index (χ1n) is 12.9. The number of ether oxygens (including phenoxy) is 2. The molecule has 0 unspecified atom stereocenters. The van der Waals surface area contributed by atoms with Crippen molar-refractivity contribution < 1.29 is 9.47 Å². The van der Waals surface area contributed by atoms with Gasteiger partial charge in [-0.3, -0.25) is 4.90 Å². The summed E-state index contributed by atoms with van der Waals surface area (Å²) in [6, 6.07) is 7.25. The Bertz CT molecular complexity index is 700. The lowest BCUT2D eigenvalue weighted by molar-refractivity contribution is 0.0908. The van der Waals surface area contributed by atoms with Crippen molar-refractivity contribution in [1.82, 2.24) is 14.7 Å². The third-order valence-electron chi connectivity index (χ3n) is 7.96. The van der Waals surface area contributed by atoms with Gasteiger partial charge in [0.2, 0.25) is 6.79 Å². The monoisotopic (exact) mass is 427 g/mol. The van der Waals surface area contributed by atoms with E-state index in [1.54, 1.807) is 0 Å². The van der Waals surface area contributed by atoms with E-state index >= 15 is 0 Å². The third-order valence-corrected chi connectivity index (χ3v) is 7.96. The zero-order valence-corrected chi connectivity index (χ0v) is 19.3. The van der Waals surface area contributed by atoms with Gasteiger partial charge in [0.15, 0.2) is 11.5 Å². The SMILES string of the molecule is c1cc(CN(CCN2CCCCC2)C[C@H]2CCCN(C3CCCC3)C2)c2c(c1)OCO2. The molecule has 5 heteroatoms. The molecule has 3 aliphatic heterocycles. The predicted molar refractivity (Wildman–Crippen MR) is 125 cm³/mol. The van der Waals surface area contributed by atoms with Crippen molar-refractivity contribution in [2.75, 3.05) is 52.6 Å². The van der Waals surface area contributed by atoms with Crippen molar-refractivity contribution in [2.24, 2.45) is 5.92 Å². The first kappa shape index (κ1) is 21.5. The number of hydrogen-bond acceptors (Lipinski definition) is 5. The fraction of sp³-hybridized carbons (Fsp3) is 0.769. The molecule has 31 heavy (non-hydrogen) atoms. The minimum Gasteiger partial charge on any atom is -0.454 e. The van der Waals surface area contributed by atoms with Crippen LogP contribution in [0.2, 0.25) is 0 Å². The fourth-order valence-corrected chi connectivity index (χ4v) is 6.27. The molecule has 3 fully saturated rings. The maximum absolute atomic E-state index is 5.83. The molecular weight excluding hydrogens is 386 g/mol. The number of benzene rings is 1. The van der Waals surface area contributed by atoms with Crippen LogP contribution < -0.4 is 9.47 Å². The third kappa shape index (κ3) is 5.55. The van der Waals surface area contributed by atoms with Gasteiger partial charge in [-0.1, -0.05) is 31.4 Å². The molecule has 3 heterocycles.